The Labute approximate surface area is 295 Å². The summed E-state index contributed by atoms with van der Waals surface area (Å²) in [5.41, 5.74) is 1.84. The largest absolute Gasteiger partial charge is 0.459 e. The lowest BCUT2D eigenvalue weighted by Crippen LogP contribution is -2.52. The molecule has 0 bridgehead atoms. The van der Waals surface area contributed by atoms with Crippen LogP contribution < -0.4 is 0 Å². The van der Waals surface area contributed by atoms with Crippen LogP contribution in [-0.2, 0) is 44.5 Å². The predicted molar refractivity (Wildman–Crippen MR) is 187 cm³/mol. The summed E-state index contributed by atoms with van der Waals surface area (Å²) in [6.45, 7) is 14.6. The second-order valence-electron chi connectivity index (χ2n) is 14.9. The van der Waals surface area contributed by atoms with Crippen LogP contribution in [0.5, 0.6) is 0 Å². The molecule has 0 N–H and O–H groups in total. The van der Waals surface area contributed by atoms with Crippen molar-refractivity contribution >= 4 is 23.9 Å². The van der Waals surface area contributed by atoms with Crippen LogP contribution in [0.4, 0.5) is 0 Å². The molecule has 2 aromatic rings. The van der Waals surface area contributed by atoms with Crippen molar-refractivity contribution in [3.8, 4) is 0 Å². The number of fused-ring (bicyclic) bond motifs is 2. The Morgan fingerprint density at radius 3 is 2.12 bits per heavy atom. The summed E-state index contributed by atoms with van der Waals surface area (Å²) in [6, 6.07) is 18.0. The lowest BCUT2D eigenvalue weighted by atomic mass is 9.67. The first-order valence-corrected chi connectivity index (χ1v) is 17.5. The fourth-order valence-corrected chi connectivity index (χ4v) is 7.75. The summed E-state index contributed by atoms with van der Waals surface area (Å²) >= 11 is 0. The topological polar surface area (TPSA) is 118 Å². The van der Waals surface area contributed by atoms with Crippen molar-refractivity contribution in [2.75, 3.05) is 0 Å². The zero-order valence-corrected chi connectivity index (χ0v) is 30.4. The highest BCUT2D eigenvalue weighted by atomic mass is 16.6. The van der Waals surface area contributed by atoms with Crippen molar-refractivity contribution in [3.05, 3.63) is 94.6 Å². The van der Waals surface area contributed by atoms with Gasteiger partial charge in [-0.3, -0.25) is 14.4 Å². The number of carbonyl (C=O) groups excluding carboxylic acids is 4. The van der Waals surface area contributed by atoms with Gasteiger partial charge in [-0.05, 0) is 75.8 Å². The van der Waals surface area contributed by atoms with Crippen LogP contribution in [0.15, 0.2) is 83.5 Å². The van der Waals surface area contributed by atoms with E-state index in [1.807, 2.05) is 77.1 Å². The van der Waals surface area contributed by atoms with Crippen LogP contribution in [-0.4, -0.2) is 60.0 Å². The lowest BCUT2D eigenvalue weighted by Gasteiger charge is -2.43. The zero-order chi connectivity index (χ0) is 36.4. The number of rotatable bonds is 8. The van der Waals surface area contributed by atoms with Gasteiger partial charge < -0.3 is 23.7 Å². The molecule has 8 atom stereocenters. The summed E-state index contributed by atoms with van der Waals surface area (Å²) in [5, 5.41) is 0. The minimum atomic E-state index is -1.06. The van der Waals surface area contributed by atoms with Gasteiger partial charge in [0, 0.05) is 18.3 Å². The van der Waals surface area contributed by atoms with E-state index in [0.29, 0.717) is 18.4 Å². The van der Waals surface area contributed by atoms with Crippen molar-refractivity contribution in [2.24, 2.45) is 17.3 Å². The number of esters is 4. The Bertz CT molecular complexity index is 1640. The number of allylic oxidation sites excluding steroid dienone is 2. The maximum atomic E-state index is 13.9. The van der Waals surface area contributed by atoms with Crippen molar-refractivity contribution in [2.45, 2.75) is 117 Å². The van der Waals surface area contributed by atoms with Gasteiger partial charge in [0.05, 0.1) is 23.5 Å². The van der Waals surface area contributed by atoms with Gasteiger partial charge >= 0.3 is 23.9 Å². The number of hydrogen-bond acceptors (Lipinski definition) is 9. The minimum Gasteiger partial charge on any atom is -0.459 e. The third kappa shape index (κ3) is 7.88. The van der Waals surface area contributed by atoms with Crippen molar-refractivity contribution < 1.29 is 42.9 Å². The maximum absolute atomic E-state index is 13.9. The molecule has 0 amide bonds. The molecule has 5 rings (SSSR count). The second-order valence-corrected chi connectivity index (χ2v) is 14.9. The zero-order valence-electron chi connectivity index (χ0n) is 30.4. The standard InChI is InChI=1S/C41H50O9/c1-24(2)32-30(47-39(45)29-19-13-10-14-20-29)23-40(7)33(32)35(48-31(43)22-28-17-11-9-12-18-28)34(46-27(6)42)26(5)16-15-21-41(8)37(50-41)36(40)49-38(44)25(3)4/h9-14,16-20,25,30,33-37H,15,21-23H2,1-8H3/b26-16+/t30-,33?,34+,35+,36?,37+,40+,41+/m1/s1. The molecule has 2 unspecified atom stereocenters. The van der Waals surface area contributed by atoms with E-state index in [9.17, 15) is 19.2 Å². The van der Waals surface area contributed by atoms with Crippen LogP contribution in [0.1, 0.15) is 90.6 Å². The molecule has 0 spiro atoms. The fourth-order valence-electron chi connectivity index (χ4n) is 7.75. The summed E-state index contributed by atoms with van der Waals surface area (Å²) in [4.78, 5) is 53.8. The molecule has 0 radical (unpaired) electrons. The van der Waals surface area contributed by atoms with Crippen LogP contribution >= 0.6 is 0 Å². The molecule has 3 aliphatic rings. The Morgan fingerprint density at radius 2 is 1.52 bits per heavy atom. The molecule has 2 aliphatic carbocycles. The Kier molecular flexibility index (Phi) is 11.1. The first kappa shape index (κ1) is 37.0. The van der Waals surface area contributed by atoms with Gasteiger partial charge in [0.1, 0.15) is 24.4 Å². The van der Waals surface area contributed by atoms with Crippen molar-refractivity contribution in [1.29, 1.82) is 0 Å². The molecule has 9 nitrogen and oxygen atoms in total. The quantitative estimate of drug-likeness (QED) is 0.124. The van der Waals surface area contributed by atoms with E-state index in [2.05, 4.69) is 0 Å². The molecule has 2 fully saturated rings. The first-order valence-electron chi connectivity index (χ1n) is 17.5. The van der Waals surface area contributed by atoms with Gasteiger partial charge in [0.2, 0.25) is 0 Å². The number of hydrogen-bond donors (Lipinski definition) is 0. The highest BCUT2D eigenvalue weighted by Gasteiger charge is 2.68. The molecule has 1 saturated heterocycles. The van der Waals surface area contributed by atoms with E-state index in [-0.39, 0.29) is 12.8 Å². The van der Waals surface area contributed by atoms with Crippen molar-refractivity contribution in [3.63, 3.8) is 0 Å². The Hall–Kier alpha value is -4.24. The molecule has 1 heterocycles. The highest BCUT2D eigenvalue weighted by Crippen LogP contribution is 2.60. The maximum Gasteiger partial charge on any atom is 0.338 e. The number of carbonyl (C=O) groups is 4. The smallest absolute Gasteiger partial charge is 0.338 e. The monoisotopic (exact) mass is 686 g/mol. The molecule has 1 saturated carbocycles. The molecule has 50 heavy (non-hydrogen) atoms. The molecule has 9 heteroatoms. The van der Waals surface area contributed by atoms with Gasteiger partial charge in [-0.25, -0.2) is 4.79 Å². The van der Waals surface area contributed by atoms with Gasteiger partial charge in [-0.1, -0.05) is 81.0 Å². The van der Waals surface area contributed by atoms with Gasteiger partial charge in [0.15, 0.2) is 6.10 Å². The normalized spacial score (nSPS) is 31.5. The predicted octanol–water partition coefficient (Wildman–Crippen LogP) is 7.13. The molecule has 268 valence electrons. The molecular weight excluding hydrogens is 636 g/mol. The SMILES string of the molecule is CC(=O)O[C@H]1/C(C)=C/CC[C@]2(C)O[C@H]2C(OC(=O)C(C)C)[C@@]2(C)C[C@@H](OC(=O)c3ccccc3)C(=C(C)C)C2[C@@H]1OC(=O)Cc1ccccc1. The third-order valence-corrected chi connectivity index (χ3v) is 10.4. The van der Waals surface area contributed by atoms with E-state index in [1.54, 1.807) is 38.1 Å². The summed E-state index contributed by atoms with van der Waals surface area (Å²) in [6.07, 6.45) is -0.643. The Balaban J connectivity index is 1.71. The third-order valence-electron chi connectivity index (χ3n) is 10.4. The molecular formula is C41H50O9. The first-order chi connectivity index (χ1) is 23.6. The average Bonchev–Trinajstić information content (AvgIpc) is 3.63. The van der Waals surface area contributed by atoms with Crippen molar-refractivity contribution in [1.82, 2.24) is 0 Å². The summed E-state index contributed by atoms with van der Waals surface area (Å²) in [7, 11) is 0. The second kappa shape index (κ2) is 14.9. The van der Waals surface area contributed by atoms with Crippen LogP contribution in [0, 0.1) is 17.3 Å². The van der Waals surface area contributed by atoms with E-state index in [1.165, 1.54) is 6.92 Å². The summed E-state index contributed by atoms with van der Waals surface area (Å²) in [5.74, 6) is -3.09. The van der Waals surface area contributed by atoms with Gasteiger partial charge in [0.25, 0.3) is 0 Å². The highest BCUT2D eigenvalue weighted by molar-refractivity contribution is 5.89. The van der Waals surface area contributed by atoms with Gasteiger partial charge in [-0.15, -0.1) is 0 Å². The molecule has 0 aromatic heterocycles. The minimum absolute atomic E-state index is 0.0114. The van der Waals surface area contributed by atoms with E-state index in [0.717, 1.165) is 22.3 Å². The van der Waals surface area contributed by atoms with E-state index in [4.69, 9.17) is 23.7 Å². The van der Waals surface area contributed by atoms with Gasteiger partial charge in [-0.2, -0.15) is 0 Å². The lowest BCUT2D eigenvalue weighted by molar-refractivity contribution is -0.179. The van der Waals surface area contributed by atoms with Crippen LogP contribution in [0.25, 0.3) is 0 Å². The number of benzene rings is 2. The van der Waals surface area contributed by atoms with Crippen LogP contribution in [0.2, 0.25) is 0 Å². The molecule has 1 aliphatic heterocycles. The summed E-state index contributed by atoms with van der Waals surface area (Å²) < 4.78 is 31.8. The van der Waals surface area contributed by atoms with E-state index < -0.39 is 77.2 Å². The van der Waals surface area contributed by atoms with Crippen LogP contribution in [0.3, 0.4) is 0 Å². The average molecular weight is 687 g/mol. The number of ether oxygens (including phenoxy) is 5. The molecule has 2 aromatic carbocycles. The van der Waals surface area contributed by atoms with E-state index >= 15 is 0 Å². The Morgan fingerprint density at radius 1 is 0.880 bits per heavy atom. The number of epoxide rings is 1. The fraction of sp³-hybridized carbons (Fsp3) is 0.512.